The number of carbonyl (C=O) groups is 1. The van der Waals surface area contributed by atoms with E-state index in [9.17, 15) is 22.4 Å². The zero-order valence-electron chi connectivity index (χ0n) is 8.91. The molecular formula is C10H10F4N2O. The van der Waals surface area contributed by atoms with Crippen LogP contribution in [0, 0.1) is 0 Å². The number of hydrogen-bond acceptors (Lipinski definition) is 2. The summed E-state index contributed by atoms with van der Waals surface area (Å²) in [7, 11) is 0. The highest BCUT2D eigenvalue weighted by Crippen LogP contribution is 2.27. The van der Waals surface area contributed by atoms with Crippen molar-refractivity contribution < 1.29 is 22.4 Å². The van der Waals surface area contributed by atoms with E-state index >= 15 is 0 Å². The van der Waals surface area contributed by atoms with E-state index in [4.69, 9.17) is 0 Å². The molecule has 7 heteroatoms. The molecule has 17 heavy (non-hydrogen) atoms. The third-order valence-electron chi connectivity index (χ3n) is 2.09. The van der Waals surface area contributed by atoms with E-state index in [-0.39, 0.29) is 12.2 Å². The van der Waals surface area contributed by atoms with E-state index in [1.807, 2.05) is 0 Å². The van der Waals surface area contributed by atoms with E-state index in [2.05, 4.69) is 4.98 Å². The smallest absolute Gasteiger partial charge is 0.307 e. The molecular weight excluding hydrogens is 240 g/mol. The molecule has 0 fully saturated rings. The average molecular weight is 250 g/mol. The lowest BCUT2D eigenvalue weighted by molar-refractivity contribution is -0.166. The molecule has 0 spiro atoms. The van der Waals surface area contributed by atoms with Crippen molar-refractivity contribution in [1.82, 2.24) is 4.98 Å². The van der Waals surface area contributed by atoms with Gasteiger partial charge in [-0.3, -0.25) is 9.78 Å². The Labute approximate surface area is 95.1 Å². The summed E-state index contributed by atoms with van der Waals surface area (Å²) in [5.41, 5.74) is 0.104. The quantitative estimate of drug-likeness (QED) is 0.768. The van der Waals surface area contributed by atoms with Crippen LogP contribution in [0.5, 0.6) is 0 Å². The second kappa shape index (κ2) is 5.11. The summed E-state index contributed by atoms with van der Waals surface area (Å²) >= 11 is 0. The first kappa shape index (κ1) is 13.4. The van der Waals surface area contributed by atoms with Crippen molar-refractivity contribution in [2.24, 2.45) is 0 Å². The van der Waals surface area contributed by atoms with Gasteiger partial charge in [-0.2, -0.15) is 8.78 Å². The number of alkyl halides is 4. The normalized spacial score (nSPS) is 11.6. The molecule has 0 aromatic carbocycles. The first-order valence-electron chi connectivity index (χ1n) is 4.79. The van der Waals surface area contributed by atoms with Gasteiger partial charge in [-0.25, -0.2) is 8.78 Å². The van der Waals surface area contributed by atoms with Gasteiger partial charge < -0.3 is 4.90 Å². The third kappa shape index (κ3) is 2.72. The zero-order chi connectivity index (χ0) is 13.1. The lowest BCUT2D eigenvalue weighted by Gasteiger charge is -2.25. The van der Waals surface area contributed by atoms with Gasteiger partial charge in [0.1, 0.15) is 0 Å². The highest BCUT2D eigenvalue weighted by atomic mass is 19.3. The van der Waals surface area contributed by atoms with E-state index in [0.717, 1.165) is 0 Å². The molecule has 0 N–H and O–H groups in total. The lowest BCUT2D eigenvalue weighted by Crippen LogP contribution is -2.47. The van der Waals surface area contributed by atoms with E-state index in [1.165, 1.54) is 31.5 Å². The Kier molecular flexibility index (Phi) is 4.03. The topological polar surface area (TPSA) is 33.2 Å². The average Bonchev–Trinajstić information content (AvgIpc) is 2.31. The zero-order valence-corrected chi connectivity index (χ0v) is 8.91. The fourth-order valence-corrected chi connectivity index (χ4v) is 1.24. The fourth-order valence-electron chi connectivity index (χ4n) is 1.24. The Morgan fingerprint density at radius 1 is 1.41 bits per heavy atom. The fraction of sp³-hybridized carbons (Fsp3) is 0.400. The largest absolute Gasteiger partial charge is 0.384 e. The third-order valence-corrected chi connectivity index (χ3v) is 2.09. The number of carbonyl (C=O) groups excluding carboxylic acids is 1. The number of aromatic nitrogens is 1. The highest BCUT2D eigenvalue weighted by molar-refractivity contribution is 5.98. The molecule has 1 aromatic rings. The first-order valence-corrected chi connectivity index (χ1v) is 4.79. The number of rotatable bonds is 4. The maximum absolute atomic E-state index is 12.9. The van der Waals surface area contributed by atoms with Crippen molar-refractivity contribution >= 4 is 11.6 Å². The molecule has 0 saturated heterocycles. The molecule has 0 unspecified atom stereocenters. The van der Waals surface area contributed by atoms with Crippen molar-refractivity contribution in [2.45, 2.75) is 19.3 Å². The Balaban J connectivity index is 3.01. The van der Waals surface area contributed by atoms with Crippen molar-refractivity contribution in [3.05, 3.63) is 24.5 Å². The SMILES string of the molecule is CCN(C(=O)C(F)(F)C(F)F)c1ccncc1. The maximum Gasteiger partial charge on any atom is 0.384 e. The highest BCUT2D eigenvalue weighted by Gasteiger charge is 2.51. The molecule has 3 nitrogen and oxygen atoms in total. The number of hydrogen-bond donors (Lipinski definition) is 0. The lowest BCUT2D eigenvalue weighted by atomic mass is 10.2. The summed E-state index contributed by atoms with van der Waals surface area (Å²) in [6.45, 7) is 1.28. The monoisotopic (exact) mass is 250 g/mol. The van der Waals surface area contributed by atoms with Gasteiger partial charge >= 0.3 is 18.3 Å². The Morgan fingerprint density at radius 2 is 1.94 bits per heavy atom. The van der Waals surface area contributed by atoms with Gasteiger partial charge in [0.05, 0.1) is 0 Å². The van der Waals surface area contributed by atoms with Crippen molar-refractivity contribution in [2.75, 3.05) is 11.4 Å². The predicted molar refractivity (Wildman–Crippen MR) is 53.2 cm³/mol. The van der Waals surface area contributed by atoms with Crippen LogP contribution in [0.1, 0.15) is 6.92 Å². The standard InChI is InChI=1S/C10H10F4N2O/c1-2-16(7-3-5-15-6-4-7)9(17)10(13,14)8(11)12/h3-6,8H,2H2,1H3. The minimum Gasteiger partial charge on any atom is -0.307 e. The number of pyridine rings is 1. The molecule has 1 aromatic heterocycles. The van der Waals surface area contributed by atoms with Crippen LogP contribution in [0.3, 0.4) is 0 Å². The van der Waals surface area contributed by atoms with Crippen molar-refractivity contribution in [3.63, 3.8) is 0 Å². The number of halogens is 4. The second-order valence-electron chi connectivity index (χ2n) is 3.18. The van der Waals surface area contributed by atoms with Gasteiger partial charge in [0, 0.05) is 24.6 Å². The molecule has 1 rings (SSSR count). The molecule has 94 valence electrons. The van der Waals surface area contributed by atoms with Gasteiger partial charge in [-0.1, -0.05) is 0 Å². The molecule has 1 amide bonds. The van der Waals surface area contributed by atoms with Gasteiger partial charge in [-0.05, 0) is 19.1 Å². The molecule has 0 atom stereocenters. The summed E-state index contributed by atoms with van der Waals surface area (Å²) in [6, 6.07) is 2.59. The van der Waals surface area contributed by atoms with Crippen LogP contribution in [0.25, 0.3) is 0 Å². The Morgan fingerprint density at radius 3 is 2.35 bits per heavy atom. The first-order chi connectivity index (χ1) is 7.91. The van der Waals surface area contributed by atoms with Gasteiger partial charge in [0.25, 0.3) is 0 Å². The molecule has 0 bridgehead atoms. The van der Waals surface area contributed by atoms with Gasteiger partial charge in [-0.15, -0.1) is 0 Å². The number of amides is 1. The Bertz CT molecular complexity index is 383. The van der Waals surface area contributed by atoms with E-state index < -0.39 is 18.3 Å². The van der Waals surface area contributed by atoms with Gasteiger partial charge in [0.2, 0.25) is 0 Å². The van der Waals surface area contributed by atoms with Crippen molar-refractivity contribution in [1.29, 1.82) is 0 Å². The summed E-state index contributed by atoms with van der Waals surface area (Å²) in [4.78, 5) is 15.5. The van der Waals surface area contributed by atoms with E-state index in [0.29, 0.717) is 4.90 Å². The van der Waals surface area contributed by atoms with Gasteiger partial charge in [0.15, 0.2) is 0 Å². The van der Waals surface area contributed by atoms with Crippen LogP contribution in [-0.4, -0.2) is 29.8 Å². The molecule has 0 radical (unpaired) electrons. The maximum atomic E-state index is 12.9. The van der Waals surface area contributed by atoms with Crippen LogP contribution >= 0.6 is 0 Å². The summed E-state index contributed by atoms with van der Waals surface area (Å²) in [6.07, 6.45) is -1.46. The predicted octanol–water partition coefficient (Wildman–Crippen LogP) is 2.33. The molecule has 0 aliphatic carbocycles. The number of nitrogens with zero attached hydrogens (tertiary/aromatic N) is 2. The summed E-state index contributed by atoms with van der Waals surface area (Å²) < 4.78 is 49.9. The van der Waals surface area contributed by atoms with Crippen LogP contribution in [-0.2, 0) is 4.79 Å². The Hall–Kier alpha value is -1.66. The minimum atomic E-state index is -4.68. The molecule has 0 aliphatic rings. The van der Waals surface area contributed by atoms with Crippen LogP contribution in [0.2, 0.25) is 0 Å². The number of anilines is 1. The van der Waals surface area contributed by atoms with Crippen molar-refractivity contribution in [3.8, 4) is 0 Å². The second-order valence-corrected chi connectivity index (χ2v) is 3.18. The molecule has 1 heterocycles. The summed E-state index contributed by atoms with van der Waals surface area (Å²) in [5.74, 6) is -6.60. The van der Waals surface area contributed by atoms with Crippen LogP contribution in [0.4, 0.5) is 23.2 Å². The van der Waals surface area contributed by atoms with Crippen LogP contribution < -0.4 is 4.90 Å². The van der Waals surface area contributed by atoms with E-state index in [1.54, 1.807) is 0 Å². The summed E-state index contributed by atoms with van der Waals surface area (Å²) in [5, 5.41) is 0. The van der Waals surface area contributed by atoms with Crippen LogP contribution in [0.15, 0.2) is 24.5 Å². The molecule has 0 saturated carbocycles. The minimum absolute atomic E-state index is 0.104. The molecule has 0 aliphatic heterocycles.